The van der Waals surface area contributed by atoms with Crippen molar-refractivity contribution < 1.29 is 29.6 Å². The van der Waals surface area contributed by atoms with Gasteiger partial charge in [0.2, 0.25) is 5.28 Å². The predicted molar refractivity (Wildman–Crippen MR) is 153 cm³/mol. The Labute approximate surface area is 242 Å². The van der Waals surface area contributed by atoms with E-state index in [1.165, 1.54) is 0 Å². The summed E-state index contributed by atoms with van der Waals surface area (Å²) in [5, 5.41) is 29.8. The first-order valence-corrected chi connectivity index (χ1v) is 13.6. The molecule has 41 heavy (non-hydrogen) atoms. The lowest BCUT2D eigenvalue weighted by atomic mass is 10.2. The van der Waals surface area contributed by atoms with Crippen LogP contribution in [0.5, 0.6) is 0 Å². The van der Waals surface area contributed by atoms with Crippen LogP contribution in [-0.4, -0.2) is 92.9 Å². The molecule has 3 aromatic rings. The molecule has 4 heterocycles. The van der Waals surface area contributed by atoms with Gasteiger partial charge in [0.1, 0.15) is 11.6 Å². The summed E-state index contributed by atoms with van der Waals surface area (Å²) in [6.45, 7) is 7.93. The zero-order chi connectivity index (χ0) is 29.4. The molecule has 2 atom stereocenters. The van der Waals surface area contributed by atoms with Crippen LogP contribution >= 0.6 is 11.6 Å². The van der Waals surface area contributed by atoms with Gasteiger partial charge in [-0.25, -0.2) is 24.7 Å². The van der Waals surface area contributed by atoms with Crippen molar-refractivity contribution in [3.8, 4) is 11.4 Å². The van der Waals surface area contributed by atoms with Gasteiger partial charge in [0.25, 0.3) is 0 Å². The number of hydrogen-bond acceptors (Lipinski definition) is 11. The molecule has 0 radical (unpaired) electrons. The van der Waals surface area contributed by atoms with Crippen LogP contribution in [0, 0.1) is 0 Å². The molecular weight excluding hydrogens is 554 g/mol. The van der Waals surface area contributed by atoms with E-state index in [9.17, 15) is 9.90 Å². The summed E-state index contributed by atoms with van der Waals surface area (Å²) >= 11 is 5.80. The highest BCUT2D eigenvalue weighted by atomic mass is 35.5. The van der Waals surface area contributed by atoms with Crippen LogP contribution in [0.3, 0.4) is 0 Å². The number of amides is 1. The third kappa shape index (κ3) is 8.21. The van der Waals surface area contributed by atoms with Crippen LogP contribution < -0.4 is 15.1 Å². The number of carboxylic acid groups (broad SMARTS) is 1. The smallest absolute Gasteiger partial charge is 0.409 e. The maximum absolute atomic E-state index is 10.7. The second-order valence-corrected chi connectivity index (χ2v) is 9.92. The molecule has 2 fully saturated rings. The van der Waals surface area contributed by atoms with E-state index in [0.29, 0.717) is 49.3 Å². The molecule has 5 rings (SSSR count). The first-order chi connectivity index (χ1) is 19.8. The van der Waals surface area contributed by atoms with Crippen molar-refractivity contribution in [2.45, 2.75) is 39.1 Å². The Bertz CT molecular complexity index is 1320. The number of aliphatic hydroxyl groups excluding tert-OH is 2. The van der Waals surface area contributed by atoms with Crippen molar-refractivity contribution in [1.29, 1.82) is 0 Å². The largest absolute Gasteiger partial charge is 0.465 e. The average molecular weight is 588 g/mol. The first-order valence-electron chi connectivity index (χ1n) is 13.2. The van der Waals surface area contributed by atoms with Gasteiger partial charge in [-0.3, -0.25) is 5.32 Å². The van der Waals surface area contributed by atoms with Crippen LogP contribution in [0.15, 0.2) is 36.4 Å². The number of nitrogens with one attached hydrogen (secondary N) is 1. The topological polar surface area (TPSA) is 166 Å². The van der Waals surface area contributed by atoms with Gasteiger partial charge in [-0.05, 0) is 49.7 Å². The quantitative estimate of drug-likeness (QED) is 0.312. The number of rotatable bonds is 6. The number of aliphatic hydroxyl groups is 2. The van der Waals surface area contributed by atoms with Gasteiger partial charge in [0.15, 0.2) is 5.82 Å². The van der Waals surface area contributed by atoms with Crippen LogP contribution in [0.1, 0.15) is 25.2 Å². The van der Waals surface area contributed by atoms with Gasteiger partial charge in [0.05, 0.1) is 63.1 Å². The van der Waals surface area contributed by atoms with E-state index in [1.54, 1.807) is 36.4 Å². The zero-order valence-corrected chi connectivity index (χ0v) is 23.7. The molecule has 2 saturated heterocycles. The van der Waals surface area contributed by atoms with E-state index in [0.717, 1.165) is 30.3 Å². The Hall–Kier alpha value is -3.62. The normalized spacial score (nSPS) is 18.9. The lowest BCUT2D eigenvalue weighted by molar-refractivity contribution is 0.0984. The van der Waals surface area contributed by atoms with Crippen molar-refractivity contribution in [1.82, 2.24) is 19.9 Å². The fourth-order valence-electron chi connectivity index (χ4n) is 4.48. The summed E-state index contributed by atoms with van der Waals surface area (Å²) < 4.78 is 10.8. The number of ether oxygens (including phenoxy) is 2. The Balaban J connectivity index is 0.000000208. The number of hydrogen-bond donors (Lipinski definition) is 4. The highest BCUT2D eigenvalue weighted by Gasteiger charge is 2.22. The fraction of sp³-hybridized carbons (Fsp3) is 0.444. The summed E-state index contributed by atoms with van der Waals surface area (Å²) in [4.78, 5) is 32.0. The third-order valence-corrected chi connectivity index (χ3v) is 6.72. The monoisotopic (exact) mass is 587 g/mol. The Morgan fingerprint density at radius 2 is 1.44 bits per heavy atom. The minimum atomic E-state index is -1.12. The summed E-state index contributed by atoms with van der Waals surface area (Å²) in [5.41, 5.74) is 2.28. The minimum absolute atomic E-state index is 0.131. The van der Waals surface area contributed by atoms with Gasteiger partial charge >= 0.3 is 6.09 Å². The Morgan fingerprint density at radius 1 is 0.902 bits per heavy atom. The maximum Gasteiger partial charge on any atom is 0.409 e. The molecule has 2 aliphatic heterocycles. The number of aromatic nitrogens is 4. The molecule has 2 aliphatic rings. The molecule has 0 unspecified atom stereocenters. The molecule has 0 saturated carbocycles. The van der Waals surface area contributed by atoms with E-state index in [4.69, 9.17) is 31.3 Å². The molecule has 2 aromatic heterocycles. The lowest BCUT2D eigenvalue weighted by Gasteiger charge is -2.34. The SMILES string of the molecule is C[C@H]1COCCN1c1cc(CO)nc(-c2ccc(NC(=O)O)cc2)n1.C[C@H]1COCCN1c1cc(CO)nc(Cl)n1. The van der Waals surface area contributed by atoms with Gasteiger partial charge in [0, 0.05) is 36.5 Å². The highest BCUT2D eigenvalue weighted by molar-refractivity contribution is 6.28. The van der Waals surface area contributed by atoms with E-state index in [-0.39, 0.29) is 30.6 Å². The fourth-order valence-corrected chi connectivity index (χ4v) is 4.68. The molecule has 0 aliphatic carbocycles. The van der Waals surface area contributed by atoms with Crippen LogP contribution in [0.2, 0.25) is 5.28 Å². The van der Waals surface area contributed by atoms with Crippen molar-refractivity contribution in [3.05, 3.63) is 53.1 Å². The summed E-state index contributed by atoms with van der Waals surface area (Å²) in [7, 11) is 0. The summed E-state index contributed by atoms with van der Waals surface area (Å²) in [6.07, 6.45) is -1.12. The third-order valence-electron chi connectivity index (χ3n) is 6.55. The first kappa shape index (κ1) is 30.3. The average Bonchev–Trinajstić information content (AvgIpc) is 2.97. The van der Waals surface area contributed by atoms with E-state index >= 15 is 0 Å². The van der Waals surface area contributed by atoms with Gasteiger partial charge in [-0.1, -0.05) is 0 Å². The minimum Gasteiger partial charge on any atom is -0.465 e. The molecule has 4 N–H and O–H groups in total. The standard InChI is InChI=1S/C17H20N4O4.C10H14ClN3O2/c1-11-10-25-7-6-21(11)15-8-14(9-22)18-16(20-15)12-2-4-13(5-3-12)19-17(23)24;1-7-6-16-3-2-14(7)9-4-8(5-15)12-10(11)13-9/h2-5,8,11,19,22H,6-7,9-10H2,1H3,(H,23,24);4,7,15H,2-3,5-6H2,1H3/t11-;7-/m00/s1. The molecule has 0 spiro atoms. The Morgan fingerprint density at radius 3 is 1.95 bits per heavy atom. The highest BCUT2D eigenvalue weighted by Crippen LogP contribution is 2.24. The van der Waals surface area contributed by atoms with Crippen molar-refractivity contribution in [3.63, 3.8) is 0 Å². The molecule has 1 aromatic carbocycles. The molecule has 1 amide bonds. The molecule has 13 nitrogen and oxygen atoms in total. The summed E-state index contributed by atoms with van der Waals surface area (Å²) in [5.74, 6) is 1.99. The molecule has 0 bridgehead atoms. The number of halogens is 1. The number of carbonyl (C=O) groups is 1. The van der Waals surface area contributed by atoms with Crippen LogP contribution in [0.4, 0.5) is 22.1 Å². The lowest BCUT2D eigenvalue weighted by Crippen LogP contribution is -2.44. The van der Waals surface area contributed by atoms with E-state index in [1.807, 2.05) is 0 Å². The molecular formula is C27H34ClN7O6. The van der Waals surface area contributed by atoms with Crippen LogP contribution in [-0.2, 0) is 22.7 Å². The zero-order valence-electron chi connectivity index (χ0n) is 22.9. The van der Waals surface area contributed by atoms with Crippen LogP contribution in [0.25, 0.3) is 11.4 Å². The number of morpholine rings is 2. The maximum atomic E-state index is 10.7. The van der Waals surface area contributed by atoms with E-state index in [2.05, 4.69) is 48.9 Å². The van der Waals surface area contributed by atoms with Crippen molar-refractivity contribution in [2.24, 2.45) is 0 Å². The van der Waals surface area contributed by atoms with E-state index < -0.39 is 6.09 Å². The number of anilines is 3. The summed E-state index contributed by atoms with van der Waals surface area (Å²) in [6, 6.07) is 10.8. The van der Waals surface area contributed by atoms with Crippen molar-refractivity contribution in [2.75, 3.05) is 54.6 Å². The predicted octanol–water partition coefficient (Wildman–Crippen LogP) is 2.80. The number of benzene rings is 1. The van der Waals surface area contributed by atoms with Crippen molar-refractivity contribution >= 4 is 35.0 Å². The molecule has 220 valence electrons. The Kier molecular flexibility index (Phi) is 10.6. The van der Waals surface area contributed by atoms with Gasteiger partial charge < -0.3 is 34.6 Å². The number of nitrogens with zero attached hydrogens (tertiary/aromatic N) is 6. The van der Waals surface area contributed by atoms with Gasteiger partial charge in [-0.15, -0.1) is 0 Å². The second-order valence-electron chi connectivity index (χ2n) is 9.59. The van der Waals surface area contributed by atoms with Gasteiger partial charge in [-0.2, -0.15) is 0 Å². The second kappa shape index (κ2) is 14.3. The molecule has 14 heteroatoms.